The number of alkyl halides is 3. The van der Waals surface area contributed by atoms with Gasteiger partial charge in [0.2, 0.25) is 0 Å². The first kappa shape index (κ1) is 26.4. The van der Waals surface area contributed by atoms with Crippen molar-refractivity contribution >= 4 is 17.8 Å². The van der Waals surface area contributed by atoms with Gasteiger partial charge in [-0.1, -0.05) is 30.3 Å². The van der Waals surface area contributed by atoms with Gasteiger partial charge in [-0.05, 0) is 51.5 Å². The van der Waals surface area contributed by atoms with E-state index in [1.807, 2.05) is 30.3 Å². The van der Waals surface area contributed by atoms with Crippen LogP contribution in [0.1, 0.15) is 45.1 Å². The fraction of sp³-hybridized carbons (Fsp3) is 0.571. The Morgan fingerprint density at radius 1 is 1.03 bits per heavy atom. The summed E-state index contributed by atoms with van der Waals surface area (Å²) >= 11 is 0. The fourth-order valence-corrected chi connectivity index (χ4v) is 2.84. The standard InChI is InChI=1S/C21H29F3N2O5/c1-14(2)31-19(29)17(12-11-15-8-4-3-5-9-15)26-16(18(27)28)10-6-7-13-25-20(30)21(22,23)24/h3-5,8-9,14,16-17,26H,6-7,10-13H2,1-2H3,(H,25,30)(H,27,28)/t16-,17?/m0/s1. The Kier molecular flexibility index (Phi) is 11.0. The highest BCUT2D eigenvalue weighted by Crippen LogP contribution is 2.14. The number of carbonyl (C=O) groups is 3. The first-order chi connectivity index (χ1) is 14.5. The molecule has 1 aromatic carbocycles. The highest BCUT2D eigenvalue weighted by atomic mass is 19.4. The third-order valence-corrected chi connectivity index (χ3v) is 4.36. The summed E-state index contributed by atoms with van der Waals surface area (Å²) in [4.78, 5) is 34.8. The number of ether oxygens (including phenoxy) is 1. The molecule has 1 unspecified atom stereocenters. The molecule has 0 aliphatic rings. The number of nitrogens with one attached hydrogen (secondary N) is 2. The van der Waals surface area contributed by atoms with Crippen LogP contribution in [0, 0.1) is 0 Å². The third-order valence-electron chi connectivity index (χ3n) is 4.36. The van der Waals surface area contributed by atoms with Crippen LogP contribution in [0.15, 0.2) is 30.3 Å². The van der Waals surface area contributed by atoms with Crippen LogP contribution in [0.25, 0.3) is 0 Å². The van der Waals surface area contributed by atoms with Crippen LogP contribution in [0.4, 0.5) is 13.2 Å². The van der Waals surface area contributed by atoms with Crippen molar-refractivity contribution in [1.82, 2.24) is 10.6 Å². The molecule has 0 aromatic heterocycles. The molecule has 1 aromatic rings. The summed E-state index contributed by atoms with van der Waals surface area (Å²) in [5.41, 5.74) is 0.985. The second-order valence-electron chi connectivity index (χ2n) is 7.37. The van der Waals surface area contributed by atoms with Crippen LogP contribution in [0.2, 0.25) is 0 Å². The van der Waals surface area contributed by atoms with Crippen molar-refractivity contribution < 1.29 is 37.4 Å². The summed E-state index contributed by atoms with van der Waals surface area (Å²) in [6, 6.07) is 7.45. The van der Waals surface area contributed by atoms with Gasteiger partial charge in [-0.25, -0.2) is 0 Å². The molecule has 2 atom stereocenters. The maximum Gasteiger partial charge on any atom is 0.471 e. The molecule has 0 bridgehead atoms. The predicted octanol–water partition coefficient (Wildman–Crippen LogP) is 2.83. The van der Waals surface area contributed by atoms with Crippen molar-refractivity contribution in [2.75, 3.05) is 6.54 Å². The van der Waals surface area contributed by atoms with Crippen molar-refractivity contribution in [3.05, 3.63) is 35.9 Å². The lowest BCUT2D eigenvalue weighted by molar-refractivity contribution is -0.173. The van der Waals surface area contributed by atoms with E-state index in [2.05, 4.69) is 5.32 Å². The molecule has 174 valence electrons. The van der Waals surface area contributed by atoms with E-state index in [4.69, 9.17) is 4.74 Å². The molecule has 0 radical (unpaired) electrons. The number of carbonyl (C=O) groups excluding carboxylic acids is 2. The van der Waals surface area contributed by atoms with Crippen LogP contribution < -0.4 is 10.6 Å². The van der Waals surface area contributed by atoms with Gasteiger partial charge in [0.05, 0.1) is 6.10 Å². The van der Waals surface area contributed by atoms with E-state index >= 15 is 0 Å². The molecule has 3 N–H and O–H groups in total. The van der Waals surface area contributed by atoms with E-state index in [-0.39, 0.29) is 31.9 Å². The number of esters is 1. The summed E-state index contributed by atoms with van der Waals surface area (Å²) in [7, 11) is 0. The van der Waals surface area contributed by atoms with Gasteiger partial charge in [0, 0.05) is 6.54 Å². The second-order valence-corrected chi connectivity index (χ2v) is 7.37. The summed E-state index contributed by atoms with van der Waals surface area (Å²) in [5, 5.41) is 14.0. The van der Waals surface area contributed by atoms with E-state index in [0.717, 1.165) is 5.56 Å². The third kappa shape index (κ3) is 10.8. The Hall–Kier alpha value is -2.62. The molecular formula is C21H29F3N2O5. The van der Waals surface area contributed by atoms with Gasteiger partial charge < -0.3 is 15.2 Å². The normalized spacial score (nSPS) is 13.5. The van der Waals surface area contributed by atoms with Gasteiger partial charge in [0.1, 0.15) is 12.1 Å². The predicted molar refractivity (Wildman–Crippen MR) is 107 cm³/mol. The lowest BCUT2D eigenvalue weighted by Gasteiger charge is -2.23. The maximum atomic E-state index is 12.4. The van der Waals surface area contributed by atoms with Crippen molar-refractivity contribution in [1.29, 1.82) is 0 Å². The van der Waals surface area contributed by atoms with Gasteiger partial charge in [-0.15, -0.1) is 0 Å². The summed E-state index contributed by atoms with van der Waals surface area (Å²) in [6.45, 7) is 3.16. The Balaban J connectivity index is 2.63. The number of carboxylic acid groups (broad SMARTS) is 1. The number of amides is 1. The monoisotopic (exact) mass is 446 g/mol. The van der Waals surface area contributed by atoms with Gasteiger partial charge >= 0.3 is 24.0 Å². The van der Waals surface area contributed by atoms with Crippen molar-refractivity contribution in [2.45, 2.75) is 70.3 Å². The molecule has 0 heterocycles. The molecule has 0 fully saturated rings. The summed E-state index contributed by atoms with van der Waals surface area (Å²) in [6.07, 6.45) is -3.98. The number of hydrogen-bond donors (Lipinski definition) is 3. The molecule has 1 amide bonds. The number of unbranched alkanes of at least 4 members (excludes halogenated alkanes) is 1. The lowest BCUT2D eigenvalue weighted by Crippen LogP contribution is -2.48. The quantitative estimate of drug-likeness (QED) is 0.318. The van der Waals surface area contributed by atoms with Crippen molar-refractivity contribution in [3.63, 3.8) is 0 Å². The van der Waals surface area contributed by atoms with E-state index in [9.17, 15) is 32.7 Å². The van der Waals surface area contributed by atoms with E-state index in [0.29, 0.717) is 12.8 Å². The number of aliphatic carboxylic acids is 1. The zero-order valence-corrected chi connectivity index (χ0v) is 17.6. The number of benzene rings is 1. The summed E-state index contributed by atoms with van der Waals surface area (Å²) in [5.74, 6) is -3.77. The van der Waals surface area contributed by atoms with Crippen LogP contribution >= 0.6 is 0 Å². The van der Waals surface area contributed by atoms with E-state index < -0.39 is 36.1 Å². The number of rotatable bonds is 13. The van der Waals surface area contributed by atoms with Gasteiger partial charge in [0.15, 0.2) is 0 Å². The van der Waals surface area contributed by atoms with Crippen LogP contribution in [-0.4, -0.2) is 53.9 Å². The number of aryl methyl sites for hydroxylation is 1. The first-order valence-corrected chi connectivity index (χ1v) is 10.1. The van der Waals surface area contributed by atoms with E-state index in [1.54, 1.807) is 19.2 Å². The Labute approximate surface area is 179 Å². The van der Waals surface area contributed by atoms with Gasteiger partial charge in [-0.2, -0.15) is 13.2 Å². The topological polar surface area (TPSA) is 105 Å². The largest absolute Gasteiger partial charge is 0.480 e. The van der Waals surface area contributed by atoms with E-state index in [1.165, 1.54) is 0 Å². The Morgan fingerprint density at radius 3 is 2.23 bits per heavy atom. The number of halogens is 3. The summed E-state index contributed by atoms with van der Waals surface area (Å²) < 4.78 is 41.7. The average molecular weight is 446 g/mol. The van der Waals surface area contributed by atoms with Crippen LogP contribution in [-0.2, 0) is 25.5 Å². The molecular weight excluding hydrogens is 417 g/mol. The lowest BCUT2D eigenvalue weighted by atomic mass is 10.0. The van der Waals surface area contributed by atoms with Crippen molar-refractivity contribution in [3.8, 4) is 0 Å². The molecule has 1 rings (SSSR count). The molecule has 0 aliphatic heterocycles. The maximum absolute atomic E-state index is 12.4. The smallest absolute Gasteiger partial charge is 0.471 e. The molecule has 0 saturated heterocycles. The van der Waals surface area contributed by atoms with Gasteiger partial charge in [-0.3, -0.25) is 19.7 Å². The number of hydrogen-bond acceptors (Lipinski definition) is 5. The molecule has 10 heteroatoms. The molecule has 0 spiro atoms. The molecule has 7 nitrogen and oxygen atoms in total. The average Bonchev–Trinajstić information content (AvgIpc) is 2.68. The van der Waals surface area contributed by atoms with Crippen LogP contribution in [0.3, 0.4) is 0 Å². The van der Waals surface area contributed by atoms with Crippen molar-refractivity contribution in [2.24, 2.45) is 0 Å². The first-order valence-electron chi connectivity index (χ1n) is 10.1. The SMILES string of the molecule is CC(C)OC(=O)C(CCc1ccccc1)N[C@@H](CCCCNC(=O)C(F)(F)F)C(=O)O. The second kappa shape index (κ2) is 12.9. The Bertz CT molecular complexity index is 711. The molecule has 31 heavy (non-hydrogen) atoms. The van der Waals surface area contributed by atoms with Crippen LogP contribution in [0.5, 0.6) is 0 Å². The highest BCUT2D eigenvalue weighted by Gasteiger charge is 2.38. The zero-order chi connectivity index (χ0) is 23.4. The minimum Gasteiger partial charge on any atom is -0.480 e. The zero-order valence-electron chi connectivity index (χ0n) is 17.6. The Morgan fingerprint density at radius 2 is 1.68 bits per heavy atom. The minimum atomic E-state index is -4.95. The van der Waals surface area contributed by atoms with Gasteiger partial charge in [0.25, 0.3) is 0 Å². The molecule has 0 saturated carbocycles. The minimum absolute atomic E-state index is 0.0774. The fourth-order valence-electron chi connectivity index (χ4n) is 2.84. The number of carboxylic acids is 1. The highest BCUT2D eigenvalue weighted by molar-refractivity contribution is 5.81. The molecule has 0 aliphatic carbocycles.